The van der Waals surface area contributed by atoms with Crippen molar-refractivity contribution in [2.45, 2.75) is 39.5 Å². The fourth-order valence-electron chi connectivity index (χ4n) is 3.03. The molecule has 0 N–H and O–H groups in total. The van der Waals surface area contributed by atoms with Crippen LogP contribution in [0.25, 0.3) is 0 Å². The van der Waals surface area contributed by atoms with Crippen molar-refractivity contribution in [1.29, 1.82) is 0 Å². The summed E-state index contributed by atoms with van der Waals surface area (Å²) in [5, 5.41) is 0. The Morgan fingerprint density at radius 3 is 2.85 bits per heavy atom. The van der Waals surface area contributed by atoms with E-state index < -0.39 is 0 Å². The van der Waals surface area contributed by atoms with E-state index in [0.29, 0.717) is 17.9 Å². The monoisotopic (exact) mass is 182 g/mol. The van der Waals surface area contributed by atoms with Crippen LogP contribution in [0.1, 0.15) is 39.5 Å². The van der Waals surface area contributed by atoms with Gasteiger partial charge in [0, 0.05) is 0 Å². The molecule has 0 aromatic rings. The van der Waals surface area contributed by atoms with E-state index in [2.05, 4.69) is 6.92 Å². The van der Waals surface area contributed by atoms with E-state index in [1.54, 1.807) is 0 Å². The highest BCUT2D eigenvalue weighted by Crippen LogP contribution is 2.66. The highest BCUT2D eigenvalue weighted by Gasteiger charge is 2.65. The van der Waals surface area contributed by atoms with Gasteiger partial charge in [0.15, 0.2) is 0 Å². The van der Waals surface area contributed by atoms with Crippen molar-refractivity contribution < 1.29 is 9.53 Å². The second-order valence-corrected chi connectivity index (χ2v) is 4.59. The van der Waals surface area contributed by atoms with Crippen LogP contribution in [0.15, 0.2) is 0 Å². The van der Waals surface area contributed by atoms with Crippen LogP contribution in [0, 0.1) is 17.3 Å². The minimum Gasteiger partial charge on any atom is -0.466 e. The molecule has 0 heterocycles. The van der Waals surface area contributed by atoms with Gasteiger partial charge in [-0.2, -0.15) is 0 Å². The summed E-state index contributed by atoms with van der Waals surface area (Å²) in [6, 6.07) is 0. The lowest BCUT2D eigenvalue weighted by atomic mass is 9.90. The van der Waals surface area contributed by atoms with E-state index in [1.807, 2.05) is 6.92 Å². The van der Waals surface area contributed by atoms with Crippen LogP contribution >= 0.6 is 0 Å². The molecule has 0 aliphatic heterocycles. The summed E-state index contributed by atoms with van der Waals surface area (Å²) in [6.45, 7) is 4.66. The average molecular weight is 182 g/mol. The Morgan fingerprint density at radius 1 is 1.54 bits per heavy atom. The molecule has 2 saturated carbocycles. The number of fused-ring (bicyclic) bond motifs is 1. The molecule has 0 aromatic carbocycles. The van der Waals surface area contributed by atoms with Crippen LogP contribution in [-0.4, -0.2) is 12.6 Å². The molecule has 74 valence electrons. The predicted octanol–water partition coefficient (Wildman–Crippen LogP) is 2.38. The minimum atomic E-state index is 0.0527. The first-order chi connectivity index (χ1) is 6.20. The molecule has 13 heavy (non-hydrogen) atoms. The van der Waals surface area contributed by atoms with Gasteiger partial charge in [-0.25, -0.2) is 0 Å². The Balaban J connectivity index is 1.99. The van der Waals surface area contributed by atoms with Crippen LogP contribution < -0.4 is 0 Å². The number of carbonyl (C=O) groups is 1. The van der Waals surface area contributed by atoms with Gasteiger partial charge in [-0.15, -0.1) is 0 Å². The molecule has 0 radical (unpaired) electrons. The zero-order valence-corrected chi connectivity index (χ0v) is 8.51. The molecule has 0 saturated heterocycles. The lowest BCUT2D eigenvalue weighted by molar-refractivity contribution is -0.145. The Kier molecular flexibility index (Phi) is 2.09. The van der Waals surface area contributed by atoms with Crippen molar-refractivity contribution in [3.8, 4) is 0 Å². The number of ether oxygens (including phenoxy) is 1. The number of hydrogen-bond donors (Lipinski definition) is 0. The maximum absolute atomic E-state index is 11.6. The second kappa shape index (κ2) is 3.00. The number of carbonyl (C=O) groups excluding carboxylic acids is 1. The van der Waals surface area contributed by atoms with Crippen molar-refractivity contribution in [2.75, 3.05) is 6.61 Å². The van der Waals surface area contributed by atoms with Crippen LogP contribution in [0.3, 0.4) is 0 Å². The van der Waals surface area contributed by atoms with Crippen LogP contribution in [-0.2, 0) is 9.53 Å². The van der Waals surface area contributed by atoms with Crippen molar-refractivity contribution in [3.63, 3.8) is 0 Å². The van der Waals surface area contributed by atoms with Gasteiger partial charge < -0.3 is 4.74 Å². The Labute approximate surface area is 79.7 Å². The third-order valence-electron chi connectivity index (χ3n) is 3.87. The molecular weight excluding hydrogens is 164 g/mol. The number of rotatable bonds is 2. The van der Waals surface area contributed by atoms with Gasteiger partial charge in [0.1, 0.15) is 0 Å². The molecule has 2 fully saturated rings. The Bertz CT molecular complexity index is 224. The summed E-state index contributed by atoms with van der Waals surface area (Å²) < 4.78 is 5.08. The highest BCUT2D eigenvalue weighted by molar-refractivity contribution is 5.77. The molecule has 0 spiro atoms. The predicted molar refractivity (Wildman–Crippen MR) is 50.2 cm³/mol. The smallest absolute Gasteiger partial charge is 0.309 e. The Morgan fingerprint density at radius 2 is 2.31 bits per heavy atom. The zero-order valence-electron chi connectivity index (χ0n) is 8.51. The van der Waals surface area contributed by atoms with Crippen LogP contribution in [0.5, 0.6) is 0 Å². The maximum Gasteiger partial charge on any atom is 0.309 e. The molecule has 3 atom stereocenters. The fraction of sp³-hybridized carbons (Fsp3) is 0.909. The van der Waals surface area contributed by atoms with Crippen molar-refractivity contribution >= 4 is 5.97 Å². The summed E-state index contributed by atoms with van der Waals surface area (Å²) in [6.07, 6.45) is 5.06. The normalized spacial score (nSPS) is 42.3. The summed E-state index contributed by atoms with van der Waals surface area (Å²) in [5.74, 6) is 0.923. The summed E-state index contributed by atoms with van der Waals surface area (Å²) in [7, 11) is 0. The molecule has 0 aromatic heterocycles. The van der Waals surface area contributed by atoms with Crippen LogP contribution in [0.4, 0.5) is 0 Å². The third kappa shape index (κ3) is 1.27. The number of hydrogen-bond acceptors (Lipinski definition) is 2. The van der Waals surface area contributed by atoms with Crippen molar-refractivity contribution in [1.82, 2.24) is 0 Å². The van der Waals surface area contributed by atoms with Crippen molar-refractivity contribution in [2.24, 2.45) is 17.3 Å². The van der Waals surface area contributed by atoms with Gasteiger partial charge in [0.25, 0.3) is 0 Å². The van der Waals surface area contributed by atoms with E-state index in [9.17, 15) is 4.79 Å². The topological polar surface area (TPSA) is 26.3 Å². The molecule has 2 aliphatic rings. The molecular formula is C11H18O2. The summed E-state index contributed by atoms with van der Waals surface area (Å²) in [5.41, 5.74) is 0.310. The SMILES string of the molecule is CCOC(=O)[C@@H]1[C@@H]2CCCC[C@]12C. The zero-order chi connectivity index (χ0) is 9.47. The van der Waals surface area contributed by atoms with Gasteiger partial charge >= 0.3 is 5.97 Å². The van der Waals surface area contributed by atoms with E-state index in [1.165, 1.54) is 25.7 Å². The van der Waals surface area contributed by atoms with Crippen molar-refractivity contribution in [3.05, 3.63) is 0 Å². The van der Waals surface area contributed by atoms with Gasteiger partial charge in [-0.3, -0.25) is 4.79 Å². The molecule has 0 amide bonds. The van der Waals surface area contributed by atoms with Gasteiger partial charge in [0.2, 0.25) is 0 Å². The molecule has 2 aliphatic carbocycles. The van der Waals surface area contributed by atoms with E-state index >= 15 is 0 Å². The lowest BCUT2D eigenvalue weighted by Gasteiger charge is -2.15. The first-order valence-electron chi connectivity index (χ1n) is 5.37. The molecule has 2 nitrogen and oxygen atoms in total. The maximum atomic E-state index is 11.6. The molecule has 0 unspecified atom stereocenters. The second-order valence-electron chi connectivity index (χ2n) is 4.59. The van der Waals surface area contributed by atoms with Crippen LogP contribution in [0.2, 0.25) is 0 Å². The quantitative estimate of drug-likeness (QED) is 0.613. The van der Waals surface area contributed by atoms with Gasteiger partial charge in [-0.05, 0) is 31.1 Å². The first kappa shape index (κ1) is 9.04. The van der Waals surface area contributed by atoms with Gasteiger partial charge in [0.05, 0.1) is 12.5 Å². The first-order valence-corrected chi connectivity index (χ1v) is 5.37. The molecule has 2 rings (SSSR count). The fourth-order valence-corrected chi connectivity index (χ4v) is 3.03. The highest BCUT2D eigenvalue weighted by atomic mass is 16.5. The standard InChI is InChI=1S/C11H18O2/c1-3-13-10(12)9-8-6-4-5-7-11(8,9)2/h8-9H,3-7H2,1-2H3/t8-,9-,11-/m0/s1. The Hall–Kier alpha value is -0.530. The van der Waals surface area contributed by atoms with E-state index in [-0.39, 0.29) is 11.9 Å². The minimum absolute atomic E-state index is 0.0527. The summed E-state index contributed by atoms with van der Waals surface area (Å²) >= 11 is 0. The van der Waals surface area contributed by atoms with Gasteiger partial charge in [-0.1, -0.05) is 19.8 Å². The lowest BCUT2D eigenvalue weighted by Crippen LogP contribution is -2.11. The van der Waals surface area contributed by atoms with E-state index in [4.69, 9.17) is 4.74 Å². The average Bonchev–Trinajstić information content (AvgIpc) is 2.71. The summed E-state index contributed by atoms with van der Waals surface area (Å²) in [4.78, 5) is 11.6. The third-order valence-corrected chi connectivity index (χ3v) is 3.87. The van der Waals surface area contributed by atoms with E-state index in [0.717, 1.165) is 0 Å². The molecule has 2 heteroatoms. The molecule has 0 bridgehead atoms. The number of esters is 1. The largest absolute Gasteiger partial charge is 0.466 e.